The van der Waals surface area contributed by atoms with Crippen LogP contribution in [0.2, 0.25) is 0 Å². The number of hydrogen-bond acceptors (Lipinski definition) is 6. The molecule has 5 rings (SSSR count). The van der Waals surface area contributed by atoms with Gasteiger partial charge in [0, 0.05) is 23.1 Å². The van der Waals surface area contributed by atoms with Crippen molar-refractivity contribution in [3.8, 4) is 10.7 Å². The minimum atomic E-state index is 0.0225. The number of thioether (sulfide) groups is 1. The van der Waals surface area contributed by atoms with Crippen molar-refractivity contribution in [3.05, 3.63) is 71.1 Å². The van der Waals surface area contributed by atoms with E-state index in [2.05, 4.69) is 10.3 Å². The highest BCUT2D eigenvalue weighted by atomic mass is 32.2. The molecule has 5 nitrogen and oxygen atoms in total. The first-order valence-corrected chi connectivity index (χ1v) is 11.4. The first-order valence-electron chi connectivity index (χ1n) is 9.57. The third-order valence-corrected chi connectivity index (χ3v) is 6.83. The van der Waals surface area contributed by atoms with Gasteiger partial charge in [-0.3, -0.25) is 9.59 Å². The average molecular weight is 432 g/mol. The molecule has 0 saturated heterocycles. The number of amides is 1. The van der Waals surface area contributed by atoms with Gasteiger partial charge in [-0.25, -0.2) is 9.97 Å². The molecule has 2 aromatic heterocycles. The third kappa shape index (κ3) is 3.74. The molecule has 2 aromatic carbocycles. The SMILES string of the molecule is O=C1CCc2cc(C(=O)CSc3nc(-c4cccs4)nc4ccccc34)ccc2N1. The number of carbonyl (C=O) groups is 2. The number of thiophene rings is 1. The zero-order valence-corrected chi connectivity index (χ0v) is 17.6. The van der Waals surface area contributed by atoms with Crippen LogP contribution < -0.4 is 5.32 Å². The molecule has 30 heavy (non-hydrogen) atoms. The van der Waals surface area contributed by atoms with Crippen LogP contribution in [0.25, 0.3) is 21.6 Å². The monoisotopic (exact) mass is 431 g/mol. The molecule has 0 atom stereocenters. The molecule has 1 N–H and O–H groups in total. The Labute approximate surface area is 181 Å². The largest absolute Gasteiger partial charge is 0.326 e. The molecule has 0 radical (unpaired) electrons. The van der Waals surface area contributed by atoms with Gasteiger partial charge in [-0.2, -0.15) is 0 Å². The quantitative estimate of drug-likeness (QED) is 0.267. The van der Waals surface area contributed by atoms with Crippen molar-refractivity contribution in [2.75, 3.05) is 11.1 Å². The molecule has 0 bridgehead atoms. The maximum absolute atomic E-state index is 12.9. The Morgan fingerprint density at radius 3 is 2.83 bits per heavy atom. The predicted molar refractivity (Wildman–Crippen MR) is 121 cm³/mol. The van der Waals surface area contributed by atoms with Crippen molar-refractivity contribution in [3.63, 3.8) is 0 Å². The fourth-order valence-electron chi connectivity index (χ4n) is 3.45. The molecule has 148 valence electrons. The molecule has 1 amide bonds. The summed E-state index contributed by atoms with van der Waals surface area (Å²) in [4.78, 5) is 34.8. The van der Waals surface area contributed by atoms with Gasteiger partial charge in [-0.1, -0.05) is 36.0 Å². The van der Waals surface area contributed by atoms with Crippen molar-refractivity contribution >= 4 is 51.4 Å². The van der Waals surface area contributed by atoms with Crippen LogP contribution in [0.4, 0.5) is 5.69 Å². The van der Waals surface area contributed by atoms with E-state index in [1.807, 2.05) is 53.9 Å². The number of fused-ring (bicyclic) bond motifs is 2. The first kappa shape index (κ1) is 19.0. The van der Waals surface area contributed by atoms with Gasteiger partial charge in [-0.15, -0.1) is 11.3 Å². The Morgan fingerprint density at radius 2 is 1.97 bits per heavy atom. The molecular weight excluding hydrogens is 414 g/mol. The molecule has 4 aromatic rings. The van der Waals surface area contributed by atoms with Crippen LogP contribution in [0, 0.1) is 0 Å². The molecule has 3 heterocycles. The zero-order chi connectivity index (χ0) is 20.5. The minimum absolute atomic E-state index is 0.0225. The lowest BCUT2D eigenvalue weighted by Gasteiger charge is -2.17. The fraction of sp³-hybridized carbons (Fsp3) is 0.130. The van der Waals surface area contributed by atoms with Gasteiger partial charge in [0.25, 0.3) is 0 Å². The van der Waals surface area contributed by atoms with Crippen LogP contribution in [0.3, 0.4) is 0 Å². The number of rotatable bonds is 5. The second kappa shape index (κ2) is 8.01. The van der Waals surface area contributed by atoms with Crippen LogP contribution in [0.1, 0.15) is 22.3 Å². The smallest absolute Gasteiger partial charge is 0.224 e. The molecule has 0 saturated carbocycles. The number of carbonyl (C=O) groups excluding carboxylic acids is 2. The summed E-state index contributed by atoms with van der Waals surface area (Å²) in [6, 6.07) is 17.3. The van der Waals surface area contributed by atoms with E-state index in [1.165, 1.54) is 11.8 Å². The fourth-order valence-corrected chi connectivity index (χ4v) is 5.02. The summed E-state index contributed by atoms with van der Waals surface area (Å²) in [7, 11) is 0. The summed E-state index contributed by atoms with van der Waals surface area (Å²) in [6.07, 6.45) is 1.12. The van der Waals surface area contributed by atoms with E-state index < -0.39 is 0 Å². The zero-order valence-electron chi connectivity index (χ0n) is 15.9. The normalized spacial score (nSPS) is 13.1. The summed E-state index contributed by atoms with van der Waals surface area (Å²) in [5.41, 5.74) is 3.35. The van der Waals surface area contributed by atoms with E-state index >= 15 is 0 Å². The second-order valence-electron chi connectivity index (χ2n) is 6.98. The van der Waals surface area contributed by atoms with Gasteiger partial charge in [0.1, 0.15) is 5.03 Å². The van der Waals surface area contributed by atoms with E-state index in [0.29, 0.717) is 24.2 Å². The van der Waals surface area contributed by atoms with Crippen molar-refractivity contribution in [2.24, 2.45) is 0 Å². The molecule has 0 aliphatic carbocycles. The van der Waals surface area contributed by atoms with E-state index in [4.69, 9.17) is 4.98 Å². The van der Waals surface area contributed by atoms with Crippen LogP contribution in [-0.2, 0) is 11.2 Å². The topological polar surface area (TPSA) is 72.0 Å². The number of nitrogens with one attached hydrogen (secondary N) is 1. The molecule has 0 fully saturated rings. The number of nitrogens with zero attached hydrogens (tertiary/aromatic N) is 2. The summed E-state index contributed by atoms with van der Waals surface area (Å²) < 4.78 is 0. The van der Waals surface area contributed by atoms with E-state index in [9.17, 15) is 9.59 Å². The van der Waals surface area contributed by atoms with Gasteiger partial charge >= 0.3 is 0 Å². The number of Topliss-reactive ketones (excluding diaryl/α,β-unsaturated/α-hetero) is 1. The first-order chi connectivity index (χ1) is 14.7. The van der Waals surface area contributed by atoms with Crippen molar-refractivity contribution in [1.29, 1.82) is 0 Å². The van der Waals surface area contributed by atoms with E-state index in [-0.39, 0.29) is 17.4 Å². The highest BCUT2D eigenvalue weighted by Gasteiger charge is 2.18. The number of hydrogen-bond donors (Lipinski definition) is 1. The van der Waals surface area contributed by atoms with Crippen LogP contribution >= 0.6 is 23.1 Å². The van der Waals surface area contributed by atoms with Crippen LogP contribution in [-0.4, -0.2) is 27.4 Å². The van der Waals surface area contributed by atoms with E-state index in [1.54, 1.807) is 17.4 Å². The van der Waals surface area contributed by atoms with Crippen LogP contribution in [0.5, 0.6) is 0 Å². The number of aryl methyl sites for hydroxylation is 1. The van der Waals surface area contributed by atoms with Crippen molar-refractivity contribution in [2.45, 2.75) is 17.9 Å². The third-order valence-electron chi connectivity index (χ3n) is 4.97. The Morgan fingerprint density at radius 1 is 1.07 bits per heavy atom. The number of anilines is 1. The average Bonchev–Trinajstić information content (AvgIpc) is 3.31. The molecule has 1 aliphatic rings. The summed E-state index contributed by atoms with van der Waals surface area (Å²) in [5.74, 6) is 1.04. The second-order valence-corrected chi connectivity index (χ2v) is 8.89. The van der Waals surface area contributed by atoms with Crippen LogP contribution in [0.15, 0.2) is 65.0 Å². The number of para-hydroxylation sites is 1. The van der Waals surface area contributed by atoms with Gasteiger partial charge in [0.15, 0.2) is 11.6 Å². The Bertz CT molecular complexity index is 1270. The Kier molecular flexibility index (Phi) is 5.06. The molecule has 0 unspecified atom stereocenters. The van der Waals surface area contributed by atoms with Crippen molar-refractivity contribution in [1.82, 2.24) is 9.97 Å². The van der Waals surface area contributed by atoms with Gasteiger partial charge < -0.3 is 5.32 Å². The van der Waals surface area contributed by atoms with E-state index in [0.717, 1.165) is 32.1 Å². The van der Waals surface area contributed by atoms with Crippen molar-refractivity contribution < 1.29 is 9.59 Å². The lowest BCUT2D eigenvalue weighted by atomic mass is 9.99. The number of ketones is 1. The lowest BCUT2D eigenvalue weighted by molar-refractivity contribution is -0.116. The Hall–Kier alpha value is -3.03. The summed E-state index contributed by atoms with van der Waals surface area (Å²) in [5, 5.41) is 6.61. The number of benzene rings is 2. The predicted octanol–water partition coefficient (Wildman–Crippen LogP) is 5.22. The lowest BCUT2D eigenvalue weighted by Crippen LogP contribution is -2.19. The van der Waals surface area contributed by atoms with Gasteiger partial charge in [0.2, 0.25) is 5.91 Å². The van der Waals surface area contributed by atoms with Gasteiger partial charge in [-0.05, 0) is 47.7 Å². The molecule has 0 spiro atoms. The highest BCUT2D eigenvalue weighted by molar-refractivity contribution is 8.00. The summed E-state index contributed by atoms with van der Waals surface area (Å²) in [6.45, 7) is 0. The molecule has 7 heteroatoms. The van der Waals surface area contributed by atoms with Gasteiger partial charge in [0.05, 0.1) is 16.1 Å². The molecular formula is C23H17N3O2S2. The maximum atomic E-state index is 12.9. The molecule has 1 aliphatic heterocycles. The highest BCUT2D eigenvalue weighted by Crippen LogP contribution is 2.31. The summed E-state index contributed by atoms with van der Waals surface area (Å²) >= 11 is 3.03. The minimum Gasteiger partial charge on any atom is -0.326 e. The maximum Gasteiger partial charge on any atom is 0.224 e. The Balaban J connectivity index is 1.41. The number of aromatic nitrogens is 2. The standard InChI is InChI=1S/C23H17N3O2S2/c27-19(15-7-9-17-14(12-15)8-10-21(28)24-17)13-30-23-16-4-1-2-5-18(16)25-22(26-23)20-6-3-11-29-20/h1-7,9,11-12H,8,10,13H2,(H,24,28).